The molecule has 3 rings (SSSR count). The van der Waals surface area contributed by atoms with Crippen LogP contribution in [0.25, 0.3) is 0 Å². The largest absolute Gasteiger partial charge is 0.376 e. The van der Waals surface area contributed by atoms with E-state index in [1.165, 1.54) is 22.5 Å². The number of nitrogens with one attached hydrogen (secondary N) is 1. The van der Waals surface area contributed by atoms with Gasteiger partial charge in [-0.2, -0.15) is 9.57 Å². The minimum absolute atomic E-state index is 0.0452. The summed E-state index contributed by atoms with van der Waals surface area (Å²) in [6.07, 6.45) is 0. The third-order valence-corrected chi connectivity index (χ3v) is 6.61. The zero-order chi connectivity index (χ0) is 21.7. The molecule has 0 aliphatic carbocycles. The molecule has 2 aromatic rings. The lowest BCUT2D eigenvalue weighted by Crippen LogP contribution is -2.51. The lowest BCUT2D eigenvalue weighted by atomic mass is 10.2. The highest BCUT2D eigenvalue weighted by Gasteiger charge is 2.30. The van der Waals surface area contributed by atoms with Gasteiger partial charge >= 0.3 is 0 Å². The number of sulfonamides is 1. The van der Waals surface area contributed by atoms with Crippen LogP contribution in [0.1, 0.15) is 5.56 Å². The Balaban J connectivity index is 1.57. The first-order valence-corrected chi connectivity index (χ1v) is 10.5. The molecule has 30 heavy (non-hydrogen) atoms. The molecule has 0 bridgehead atoms. The molecule has 1 aliphatic rings. The van der Waals surface area contributed by atoms with Crippen molar-refractivity contribution in [3.63, 3.8) is 0 Å². The normalized spacial score (nSPS) is 14.7. The summed E-state index contributed by atoms with van der Waals surface area (Å²) in [5.41, 5.74) is 0.931. The van der Waals surface area contributed by atoms with Crippen LogP contribution in [0.5, 0.6) is 0 Å². The second kappa shape index (κ2) is 8.89. The van der Waals surface area contributed by atoms with Gasteiger partial charge in [0.05, 0.1) is 28.0 Å². The second-order valence-corrected chi connectivity index (χ2v) is 8.52. The van der Waals surface area contributed by atoms with Gasteiger partial charge in [0.15, 0.2) is 0 Å². The number of nitrogens with zero attached hydrogens (tertiary/aromatic N) is 4. The van der Waals surface area contributed by atoms with E-state index in [1.807, 2.05) is 6.07 Å². The Kier molecular flexibility index (Phi) is 6.29. The fraction of sp³-hybridized carbons (Fsp3) is 0.263. The van der Waals surface area contributed by atoms with E-state index < -0.39 is 14.9 Å². The van der Waals surface area contributed by atoms with Crippen LogP contribution in [-0.4, -0.2) is 61.2 Å². The Morgan fingerprint density at radius 3 is 2.40 bits per heavy atom. The summed E-state index contributed by atoms with van der Waals surface area (Å²) >= 11 is 0. The summed E-state index contributed by atoms with van der Waals surface area (Å²) in [5, 5.41) is 22.7. The molecule has 0 saturated carbocycles. The average molecular weight is 429 g/mol. The first kappa shape index (κ1) is 21.2. The molecule has 11 heteroatoms. The van der Waals surface area contributed by atoms with Crippen molar-refractivity contribution in [2.45, 2.75) is 4.90 Å². The Hall–Kier alpha value is -3.49. The van der Waals surface area contributed by atoms with Crippen LogP contribution in [0, 0.1) is 21.4 Å². The number of rotatable bonds is 6. The molecule has 1 aliphatic heterocycles. The van der Waals surface area contributed by atoms with Gasteiger partial charge in [-0.1, -0.05) is 6.07 Å². The number of nitro groups is 1. The predicted octanol–water partition coefficient (Wildman–Crippen LogP) is 1.41. The molecule has 10 nitrogen and oxygen atoms in total. The van der Waals surface area contributed by atoms with Crippen LogP contribution in [0.15, 0.2) is 53.4 Å². The highest BCUT2D eigenvalue weighted by atomic mass is 32.2. The third kappa shape index (κ3) is 4.73. The molecule has 1 saturated heterocycles. The van der Waals surface area contributed by atoms with Crippen molar-refractivity contribution in [3.05, 3.63) is 64.2 Å². The lowest BCUT2D eigenvalue weighted by Gasteiger charge is -2.34. The number of amides is 1. The van der Waals surface area contributed by atoms with Gasteiger partial charge in [0.25, 0.3) is 5.69 Å². The first-order valence-electron chi connectivity index (χ1n) is 9.07. The van der Waals surface area contributed by atoms with Crippen molar-refractivity contribution in [2.24, 2.45) is 0 Å². The monoisotopic (exact) mass is 429 g/mol. The quantitative estimate of drug-likeness (QED) is 0.541. The van der Waals surface area contributed by atoms with Gasteiger partial charge < -0.3 is 10.2 Å². The zero-order valence-electron chi connectivity index (χ0n) is 15.9. The molecule has 1 fully saturated rings. The van der Waals surface area contributed by atoms with Gasteiger partial charge in [0.2, 0.25) is 15.9 Å². The number of carbonyl (C=O) groups excluding carboxylic acids is 1. The molecule has 0 atom stereocenters. The predicted molar refractivity (Wildman–Crippen MR) is 108 cm³/mol. The minimum Gasteiger partial charge on any atom is -0.376 e. The topological polar surface area (TPSA) is 137 Å². The maximum Gasteiger partial charge on any atom is 0.270 e. The molecule has 1 N–H and O–H groups in total. The number of piperazine rings is 1. The van der Waals surface area contributed by atoms with E-state index in [0.717, 1.165) is 6.07 Å². The van der Waals surface area contributed by atoms with E-state index in [2.05, 4.69) is 5.32 Å². The second-order valence-electron chi connectivity index (χ2n) is 6.58. The summed E-state index contributed by atoms with van der Waals surface area (Å²) in [6.45, 7) is 0.703. The zero-order valence-corrected chi connectivity index (χ0v) is 16.7. The van der Waals surface area contributed by atoms with Crippen molar-refractivity contribution in [1.29, 1.82) is 5.26 Å². The van der Waals surface area contributed by atoms with Crippen molar-refractivity contribution in [1.82, 2.24) is 9.21 Å². The average Bonchev–Trinajstić information content (AvgIpc) is 2.78. The Bertz CT molecular complexity index is 1090. The number of nitriles is 1. The smallest absolute Gasteiger partial charge is 0.270 e. The van der Waals surface area contributed by atoms with Crippen molar-refractivity contribution < 1.29 is 18.1 Å². The molecule has 2 aromatic carbocycles. The van der Waals surface area contributed by atoms with Crippen molar-refractivity contribution in [2.75, 3.05) is 38.0 Å². The number of hydrogen-bond acceptors (Lipinski definition) is 7. The van der Waals surface area contributed by atoms with Gasteiger partial charge in [-0.05, 0) is 30.3 Å². The number of benzene rings is 2. The fourth-order valence-electron chi connectivity index (χ4n) is 3.04. The summed E-state index contributed by atoms with van der Waals surface area (Å²) in [4.78, 5) is 24.1. The maximum absolute atomic E-state index is 12.8. The molecule has 156 valence electrons. The van der Waals surface area contributed by atoms with Crippen LogP contribution < -0.4 is 5.32 Å². The molecule has 1 heterocycles. The van der Waals surface area contributed by atoms with Gasteiger partial charge in [-0.25, -0.2) is 8.42 Å². The lowest BCUT2D eigenvalue weighted by molar-refractivity contribution is -0.385. The number of nitro benzene ring substituents is 1. The fourth-order valence-corrected chi connectivity index (χ4v) is 4.50. The molecular formula is C19H19N5O5S. The number of hydrogen-bond donors (Lipinski definition) is 1. The van der Waals surface area contributed by atoms with Gasteiger partial charge in [-0.3, -0.25) is 14.9 Å². The summed E-state index contributed by atoms with van der Waals surface area (Å²) in [7, 11) is -3.88. The van der Waals surface area contributed by atoms with Crippen LogP contribution in [0.3, 0.4) is 0 Å². The maximum atomic E-state index is 12.8. The van der Waals surface area contributed by atoms with E-state index in [9.17, 15) is 23.3 Å². The number of non-ortho nitro benzene ring substituents is 1. The van der Waals surface area contributed by atoms with Crippen LogP contribution >= 0.6 is 0 Å². The SMILES string of the molecule is N#Cc1ccc(NCC(=O)N2CCN(S(=O)(=O)c3cccc([N+](=O)[O-])c3)CC2)cc1. The van der Waals surface area contributed by atoms with E-state index in [-0.39, 0.29) is 49.2 Å². The minimum atomic E-state index is -3.88. The van der Waals surface area contributed by atoms with E-state index >= 15 is 0 Å². The Morgan fingerprint density at radius 2 is 1.80 bits per heavy atom. The van der Waals surface area contributed by atoms with Crippen LogP contribution in [0.2, 0.25) is 0 Å². The summed E-state index contributed by atoms with van der Waals surface area (Å²) in [6, 6.07) is 13.6. The summed E-state index contributed by atoms with van der Waals surface area (Å²) in [5.74, 6) is -0.174. The Labute approximate surface area is 173 Å². The van der Waals surface area contributed by atoms with Gasteiger partial charge in [0.1, 0.15) is 0 Å². The van der Waals surface area contributed by atoms with Gasteiger partial charge in [-0.15, -0.1) is 0 Å². The number of carbonyl (C=O) groups is 1. The van der Waals surface area contributed by atoms with Crippen LogP contribution in [-0.2, 0) is 14.8 Å². The molecule has 0 unspecified atom stereocenters. The molecule has 1 amide bonds. The first-order chi connectivity index (χ1) is 14.3. The molecule has 0 spiro atoms. The number of anilines is 1. The van der Waals surface area contributed by atoms with E-state index in [1.54, 1.807) is 29.2 Å². The standard InChI is InChI=1S/C19H19N5O5S/c20-13-15-4-6-16(7-5-15)21-14-19(25)22-8-10-23(11-9-22)30(28,29)18-3-1-2-17(12-18)24(26)27/h1-7,12,21H,8-11,14H2. The molecule has 0 radical (unpaired) electrons. The highest BCUT2D eigenvalue weighted by molar-refractivity contribution is 7.89. The van der Waals surface area contributed by atoms with E-state index in [0.29, 0.717) is 11.3 Å². The Morgan fingerprint density at radius 1 is 1.13 bits per heavy atom. The van der Waals surface area contributed by atoms with Gasteiger partial charge in [0, 0.05) is 44.0 Å². The van der Waals surface area contributed by atoms with Crippen molar-refractivity contribution >= 4 is 27.3 Å². The molecular weight excluding hydrogens is 410 g/mol. The highest BCUT2D eigenvalue weighted by Crippen LogP contribution is 2.22. The molecule has 0 aromatic heterocycles. The third-order valence-electron chi connectivity index (χ3n) is 4.72. The van der Waals surface area contributed by atoms with Crippen molar-refractivity contribution in [3.8, 4) is 6.07 Å². The van der Waals surface area contributed by atoms with Crippen LogP contribution in [0.4, 0.5) is 11.4 Å². The summed E-state index contributed by atoms with van der Waals surface area (Å²) < 4.78 is 26.8. The van der Waals surface area contributed by atoms with E-state index in [4.69, 9.17) is 5.26 Å².